The smallest absolute Gasteiger partial charge is 0.292 e. The molecule has 1 aliphatic heterocycles. The molecule has 29 heavy (non-hydrogen) atoms. The number of piperazine rings is 1. The third kappa shape index (κ3) is 4.66. The molecule has 10 nitrogen and oxygen atoms in total. The molecular formula is C19H21N5O5. The molecule has 1 amide bonds. The van der Waals surface area contributed by atoms with E-state index in [0.29, 0.717) is 37.6 Å². The highest BCUT2D eigenvalue weighted by atomic mass is 16.6. The van der Waals surface area contributed by atoms with Crippen molar-refractivity contribution in [2.45, 2.75) is 13.0 Å². The molecule has 1 fully saturated rings. The first kappa shape index (κ1) is 20.2. The SMILES string of the molecule is CC(C(=O)Nc1cccc([N+](=O)[O-])c1)N1CCN(c2ccccc2[N+](=O)[O-])CC1. The first-order chi connectivity index (χ1) is 13.9. The monoisotopic (exact) mass is 399 g/mol. The first-order valence-corrected chi connectivity index (χ1v) is 9.14. The van der Waals surface area contributed by atoms with E-state index in [1.807, 2.05) is 9.80 Å². The molecule has 152 valence electrons. The first-order valence-electron chi connectivity index (χ1n) is 9.14. The molecular weight excluding hydrogens is 378 g/mol. The molecule has 1 heterocycles. The molecule has 0 radical (unpaired) electrons. The van der Waals surface area contributed by atoms with Crippen LogP contribution in [0.5, 0.6) is 0 Å². The van der Waals surface area contributed by atoms with Crippen LogP contribution in [-0.4, -0.2) is 52.9 Å². The number of non-ortho nitro benzene ring substituents is 1. The second-order valence-electron chi connectivity index (χ2n) is 6.74. The molecule has 2 aromatic carbocycles. The molecule has 2 aromatic rings. The number of nitrogens with one attached hydrogen (secondary N) is 1. The van der Waals surface area contributed by atoms with Crippen molar-refractivity contribution in [1.82, 2.24) is 4.90 Å². The zero-order chi connectivity index (χ0) is 21.0. The van der Waals surface area contributed by atoms with Crippen molar-refractivity contribution in [1.29, 1.82) is 0 Å². The van der Waals surface area contributed by atoms with Gasteiger partial charge in [-0.3, -0.25) is 29.9 Å². The van der Waals surface area contributed by atoms with E-state index in [2.05, 4.69) is 5.32 Å². The van der Waals surface area contributed by atoms with E-state index < -0.39 is 15.9 Å². The second-order valence-corrected chi connectivity index (χ2v) is 6.74. The molecule has 1 N–H and O–H groups in total. The zero-order valence-electron chi connectivity index (χ0n) is 15.9. The third-order valence-corrected chi connectivity index (χ3v) is 4.99. The summed E-state index contributed by atoms with van der Waals surface area (Å²) < 4.78 is 0. The topological polar surface area (TPSA) is 122 Å². The van der Waals surface area contributed by atoms with E-state index >= 15 is 0 Å². The highest BCUT2D eigenvalue weighted by Gasteiger charge is 2.28. The Morgan fingerprint density at radius 3 is 2.34 bits per heavy atom. The molecule has 0 aliphatic carbocycles. The molecule has 1 unspecified atom stereocenters. The molecule has 1 atom stereocenters. The van der Waals surface area contributed by atoms with E-state index in [0.717, 1.165) is 0 Å². The molecule has 0 aromatic heterocycles. The lowest BCUT2D eigenvalue weighted by Crippen LogP contribution is -2.52. The molecule has 0 bridgehead atoms. The Balaban J connectivity index is 1.61. The molecule has 0 spiro atoms. The van der Waals surface area contributed by atoms with Crippen molar-refractivity contribution >= 4 is 28.7 Å². The highest BCUT2D eigenvalue weighted by molar-refractivity contribution is 5.94. The Morgan fingerprint density at radius 1 is 1.00 bits per heavy atom. The van der Waals surface area contributed by atoms with Gasteiger partial charge in [0.2, 0.25) is 5.91 Å². The van der Waals surface area contributed by atoms with Gasteiger partial charge in [0.25, 0.3) is 11.4 Å². The number of carbonyl (C=O) groups is 1. The fourth-order valence-corrected chi connectivity index (χ4v) is 3.35. The van der Waals surface area contributed by atoms with Gasteiger partial charge in [-0.15, -0.1) is 0 Å². The third-order valence-electron chi connectivity index (χ3n) is 4.99. The van der Waals surface area contributed by atoms with Gasteiger partial charge in [-0.1, -0.05) is 18.2 Å². The van der Waals surface area contributed by atoms with Gasteiger partial charge in [-0.05, 0) is 19.1 Å². The fraction of sp³-hybridized carbons (Fsp3) is 0.316. The lowest BCUT2D eigenvalue weighted by molar-refractivity contribution is -0.384. The highest BCUT2D eigenvalue weighted by Crippen LogP contribution is 2.28. The second kappa shape index (κ2) is 8.65. The summed E-state index contributed by atoms with van der Waals surface area (Å²) in [5.74, 6) is -0.260. The van der Waals surface area contributed by atoms with Crippen LogP contribution in [0.3, 0.4) is 0 Å². The standard InChI is InChI=1S/C19H21N5O5/c1-14(19(25)20-15-5-4-6-16(13-15)23(26)27)21-9-11-22(12-10-21)17-7-2-3-8-18(17)24(28)29/h2-8,13-14H,9-12H2,1H3,(H,20,25). The number of hydrogen-bond acceptors (Lipinski definition) is 7. The van der Waals surface area contributed by atoms with Crippen LogP contribution in [-0.2, 0) is 4.79 Å². The number of carbonyl (C=O) groups excluding carboxylic acids is 1. The Labute approximate surface area is 167 Å². The van der Waals surface area contributed by atoms with Gasteiger partial charge in [0, 0.05) is 50.1 Å². The van der Waals surface area contributed by atoms with Gasteiger partial charge in [0.1, 0.15) is 5.69 Å². The summed E-state index contributed by atoms with van der Waals surface area (Å²) in [5.41, 5.74) is 0.923. The van der Waals surface area contributed by atoms with Crippen molar-refractivity contribution in [3.05, 3.63) is 68.8 Å². The lowest BCUT2D eigenvalue weighted by Gasteiger charge is -2.38. The Hall–Kier alpha value is -3.53. The zero-order valence-corrected chi connectivity index (χ0v) is 15.9. The predicted octanol–water partition coefficient (Wildman–Crippen LogP) is 2.65. The molecule has 1 aliphatic rings. The fourth-order valence-electron chi connectivity index (χ4n) is 3.35. The number of amides is 1. The summed E-state index contributed by atoms with van der Waals surface area (Å²) in [6, 6.07) is 12.0. The van der Waals surface area contributed by atoms with Crippen LogP contribution >= 0.6 is 0 Å². The van der Waals surface area contributed by atoms with E-state index in [1.54, 1.807) is 31.2 Å². The van der Waals surface area contributed by atoms with E-state index in [1.165, 1.54) is 24.3 Å². The number of nitrogens with zero attached hydrogens (tertiary/aromatic N) is 4. The van der Waals surface area contributed by atoms with Crippen molar-refractivity contribution in [2.75, 3.05) is 36.4 Å². The number of anilines is 2. The van der Waals surface area contributed by atoms with E-state index in [4.69, 9.17) is 0 Å². The van der Waals surface area contributed by atoms with Gasteiger partial charge < -0.3 is 10.2 Å². The Kier molecular flexibility index (Phi) is 6.03. The maximum Gasteiger partial charge on any atom is 0.292 e. The number of hydrogen-bond donors (Lipinski definition) is 1. The van der Waals surface area contributed by atoms with Crippen LogP contribution < -0.4 is 10.2 Å². The molecule has 1 saturated heterocycles. The maximum absolute atomic E-state index is 12.6. The van der Waals surface area contributed by atoms with Crippen molar-refractivity contribution in [2.24, 2.45) is 0 Å². The average Bonchev–Trinajstić information content (AvgIpc) is 2.73. The van der Waals surface area contributed by atoms with Crippen molar-refractivity contribution < 1.29 is 14.6 Å². The largest absolute Gasteiger partial charge is 0.363 e. The summed E-state index contributed by atoms with van der Waals surface area (Å²) in [6.45, 7) is 4.01. The number of para-hydroxylation sites is 2. The maximum atomic E-state index is 12.6. The summed E-state index contributed by atoms with van der Waals surface area (Å²) in [4.78, 5) is 37.7. The van der Waals surface area contributed by atoms with Crippen molar-refractivity contribution in [3.8, 4) is 0 Å². The molecule has 0 saturated carbocycles. The van der Waals surface area contributed by atoms with Gasteiger partial charge in [0.15, 0.2) is 0 Å². The quantitative estimate of drug-likeness (QED) is 0.585. The molecule has 10 heteroatoms. The van der Waals surface area contributed by atoms with Gasteiger partial charge in [-0.2, -0.15) is 0 Å². The number of nitro benzene ring substituents is 2. The average molecular weight is 399 g/mol. The Morgan fingerprint density at radius 2 is 1.69 bits per heavy atom. The van der Waals surface area contributed by atoms with E-state index in [9.17, 15) is 25.0 Å². The molecule has 3 rings (SSSR count). The summed E-state index contributed by atoms with van der Waals surface area (Å²) >= 11 is 0. The summed E-state index contributed by atoms with van der Waals surface area (Å²) in [7, 11) is 0. The normalized spacial score (nSPS) is 15.6. The lowest BCUT2D eigenvalue weighted by atomic mass is 10.1. The predicted molar refractivity (Wildman–Crippen MR) is 108 cm³/mol. The minimum atomic E-state index is -0.513. The number of benzene rings is 2. The van der Waals surface area contributed by atoms with Gasteiger partial charge >= 0.3 is 0 Å². The summed E-state index contributed by atoms with van der Waals surface area (Å²) in [5, 5.41) is 24.8. The van der Waals surface area contributed by atoms with Crippen LogP contribution in [0.15, 0.2) is 48.5 Å². The van der Waals surface area contributed by atoms with Crippen LogP contribution in [0.25, 0.3) is 0 Å². The summed E-state index contributed by atoms with van der Waals surface area (Å²) in [6.07, 6.45) is 0. The van der Waals surface area contributed by atoms with Gasteiger partial charge in [0.05, 0.1) is 15.9 Å². The minimum absolute atomic E-state index is 0.0670. The number of rotatable bonds is 6. The van der Waals surface area contributed by atoms with Crippen LogP contribution in [0.1, 0.15) is 6.92 Å². The van der Waals surface area contributed by atoms with E-state index in [-0.39, 0.29) is 17.3 Å². The van der Waals surface area contributed by atoms with Crippen LogP contribution in [0.4, 0.5) is 22.7 Å². The van der Waals surface area contributed by atoms with Crippen molar-refractivity contribution in [3.63, 3.8) is 0 Å². The minimum Gasteiger partial charge on any atom is -0.363 e. The van der Waals surface area contributed by atoms with Crippen LogP contribution in [0, 0.1) is 20.2 Å². The Bertz CT molecular complexity index is 927. The van der Waals surface area contributed by atoms with Gasteiger partial charge in [-0.25, -0.2) is 0 Å². The number of nitro groups is 2. The van der Waals surface area contributed by atoms with Crippen LogP contribution in [0.2, 0.25) is 0 Å².